The summed E-state index contributed by atoms with van der Waals surface area (Å²) in [7, 11) is 0. The summed E-state index contributed by atoms with van der Waals surface area (Å²) in [6, 6.07) is 6.16. The van der Waals surface area contributed by atoms with Gasteiger partial charge in [-0.25, -0.2) is 4.39 Å². The van der Waals surface area contributed by atoms with Crippen LogP contribution in [0.3, 0.4) is 0 Å². The number of unbranched alkanes of at least 4 members (excludes halogenated alkanes) is 1. The predicted molar refractivity (Wildman–Crippen MR) is 66.9 cm³/mol. The Labute approximate surface area is 106 Å². The number of rotatable bonds is 8. The van der Waals surface area contributed by atoms with Crippen LogP contribution >= 0.6 is 0 Å². The van der Waals surface area contributed by atoms with E-state index < -0.39 is 5.91 Å². The molecule has 0 bridgehead atoms. The Kier molecular flexibility index (Phi) is 6.32. The molecule has 0 fully saturated rings. The van der Waals surface area contributed by atoms with Crippen LogP contribution < -0.4 is 11.2 Å². The van der Waals surface area contributed by atoms with Gasteiger partial charge in [-0.3, -0.25) is 9.63 Å². The highest BCUT2D eigenvalue weighted by molar-refractivity contribution is 5.74. The first kappa shape index (κ1) is 14.6. The zero-order valence-corrected chi connectivity index (χ0v) is 10.5. The Balaban J connectivity index is 2.59. The van der Waals surface area contributed by atoms with Gasteiger partial charge in [-0.1, -0.05) is 31.9 Å². The van der Waals surface area contributed by atoms with E-state index in [0.717, 1.165) is 24.8 Å². The lowest BCUT2D eigenvalue weighted by Crippen LogP contribution is -2.28. The lowest BCUT2D eigenvalue weighted by molar-refractivity contribution is -0.126. The van der Waals surface area contributed by atoms with Crippen molar-refractivity contribution in [2.75, 3.05) is 6.61 Å². The van der Waals surface area contributed by atoms with Gasteiger partial charge in [0.1, 0.15) is 12.4 Å². The van der Waals surface area contributed by atoms with Crippen LogP contribution in [0.5, 0.6) is 0 Å². The van der Waals surface area contributed by atoms with Crippen molar-refractivity contribution < 1.29 is 14.0 Å². The molecule has 0 spiro atoms. The number of hydrogen-bond acceptors (Lipinski definition) is 3. The molecular formula is C13H19FN2O2. The van der Waals surface area contributed by atoms with Gasteiger partial charge >= 0.3 is 0 Å². The normalized spacial score (nSPS) is 12.3. The number of halogens is 1. The Hall–Kier alpha value is -1.46. The molecule has 0 radical (unpaired) electrons. The first-order valence-corrected chi connectivity index (χ1v) is 6.04. The zero-order valence-electron chi connectivity index (χ0n) is 10.5. The Morgan fingerprint density at radius 3 is 2.67 bits per heavy atom. The smallest absolute Gasteiger partial charge is 0.245 e. The number of carbonyl (C=O) groups excluding carboxylic acids is 1. The Morgan fingerprint density at radius 2 is 2.11 bits per heavy atom. The molecule has 1 rings (SSSR count). The monoisotopic (exact) mass is 254 g/mol. The summed E-state index contributed by atoms with van der Waals surface area (Å²) in [5, 5.41) is 0. The van der Waals surface area contributed by atoms with Crippen molar-refractivity contribution in [2.45, 2.75) is 32.2 Å². The molecule has 1 amide bonds. The van der Waals surface area contributed by atoms with Gasteiger partial charge in [0.2, 0.25) is 5.91 Å². The number of hydroxylamine groups is 1. The van der Waals surface area contributed by atoms with E-state index in [1.807, 2.05) is 0 Å². The molecule has 0 aliphatic heterocycles. The van der Waals surface area contributed by atoms with E-state index in [1.54, 1.807) is 12.1 Å². The third-order valence-corrected chi connectivity index (χ3v) is 2.56. The fourth-order valence-electron chi connectivity index (χ4n) is 1.61. The summed E-state index contributed by atoms with van der Waals surface area (Å²) < 4.78 is 12.8. The summed E-state index contributed by atoms with van der Waals surface area (Å²) in [5.41, 5.74) is 8.71. The number of carbonyl (C=O) groups is 1. The van der Waals surface area contributed by atoms with Crippen LogP contribution in [-0.4, -0.2) is 12.5 Å². The molecule has 5 heteroatoms. The average molecular weight is 254 g/mol. The summed E-state index contributed by atoms with van der Waals surface area (Å²) in [4.78, 5) is 15.6. The predicted octanol–water partition coefficient (Wildman–Crippen LogP) is 2.06. The van der Waals surface area contributed by atoms with Gasteiger partial charge in [0, 0.05) is 0 Å². The number of amides is 1. The van der Waals surface area contributed by atoms with Gasteiger partial charge in [0.25, 0.3) is 0 Å². The molecule has 0 aromatic heterocycles. The first-order valence-electron chi connectivity index (χ1n) is 6.04. The number of nitrogens with two attached hydrogens (primary N) is 1. The molecule has 0 aliphatic rings. The van der Waals surface area contributed by atoms with Crippen LogP contribution in [0.25, 0.3) is 0 Å². The maximum atomic E-state index is 12.8. The number of primary amides is 1. The standard InChI is InChI=1S/C13H19FN2O2/c1-2-3-4-12(16-18-9-13(15)17)10-5-7-11(14)8-6-10/h5-8,12,16H,2-4,9H2,1H3,(H2,15,17). The SMILES string of the molecule is CCCCC(NOCC(N)=O)c1ccc(F)cc1. The van der Waals surface area contributed by atoms with E-state index in [-0.39, 0.29) is 18.5 Å². The third kappa shape index (κ3) is 5.25. The van der Waals surface area contributed by atoms with Crippen molar-refractivity contribution >= 4 is 5.91 Å². The van der Waals surface area contributed by atoms with Crippen LogP contribution in [0.15, 0.2) is 24.3 Å². The molecule has 1 aromatic rings. The largest absolute Gasteiger partial charge is 0.368 e. The molecule has 4 nitrogen and oxygen atoms in total. The second kappa shape index (κ2) is 7.79. The number of hydrogen-bond donors (Lipinski definition) is 2. The minimum Gasteiger partial charge on any atom is -0.368 e. The van der Waals surface area contributed by atoms with E-state index in [9.17, 15) is 9.18 Å². The summed E-state index contributed by atoms with van der Waals surface area (Å²) >= 11 is 0. The highest BCUT2D eigenvalue weighted by Crippen LogP contribution is 2.19. The highest BCUT2D eigenvalue weighted by Gasteiger charge is 2.11. The third-order valence-electron chi connectivity index (χ3n) is 2.56. The molecule has 0 heterocycles. The van der Waals surface area contributed by atoms with Crippen LogP contribution in [0.4, 0.5) is 4.39 Å². The molecule has 3 N–H and O–H groups in total. The maximum absolute atomic E-state index is 12.8. The first-order chi connectivity index (χ1) is 8.63. The van der Waals surface area contributed by atoms with Gasteiger partial charge in [0.05, 0.1) is 6.04 Å². The average Bonchev–Trinajstić information content (AvgIpc) is 2.34. The van der Waals surface area contributed by atoms with E-state index in [1.165, 1.54) is 12.1 Å². The van der Waals surface area contributed by atoms with E-state index in [4.69, 9.17) is 10.6 Å². The van der Waals surface area contributed by atoms with Crippen LogP contribution in [0.2, 0.25) is 0 Å². The van der Waals surface area contributed by atoms with Crippen molar-refractivity contribution in [3.8, 4) is 0 Å². The summed E-state index contributed by atoms with van der Waals surface area (Å²) in [6.07, 6.45) is 2.91. The molecule has 0 saturated carbocycles. The fourth-order valence-corrected chi connectivity index (χ4v) is 1.61. The maximum Gasteiger partial charge on any atom is 0.245 e. The van der Waals surface area contributed by atoms with Crippen molar-refractivity contribution in [3.63, 3.8) is 0 Å². The minimum absolute atomic E-state index is 0.0649. The van der Waals surface area contributed by atoms with Gasteiger partial charge in [0.15, 0.2) is 0 Å². The molecule has 18 heavy (non-hydrogen) atoms. The molecule has 0 saturated heterocycles. The van der Waals surface area contributed by atoms with Crippen LogP contribution in [0, 0.1) is 5.82 Å². The van der Waals surface area contributed by atoms with E-state index in [2.05, 4.69) is 12.4 Å². The molecule has 1 aromatic carbocycles. The van der Waals surface area contributed by atoms with Crippen molar-refractivity contribution in [1.29, 1.82) is 0 Å². The Morgan fingerprint density at radius 1 is 1.44 bits per heavy atom. The molecule has 1 unspecified atom stereocenters. The highest BCUT2D eigenvalue weighted by atomic mass is 19.1. The van der Waals surface area contributed by atoms with E-state index in [0.29, 0.717) is 0 Å². The topological polar surface area (TPSA) is 64.3 Å². The summed E-state index contributed by atoms with van der Waals surface area (Å²) in [5.74, 6) is -0.804. The molecule has 1 atom stereocenters. The lowest BCUT2D eigenvalue weighted by atomic mass is 10.0. The number of nitrogens with one attached hydrogen (secondary N) is 1. The summed E-state index contributed by atoms with van der Waals surface area (Å²) in [6.45, 7) is 1.91. The van der Waals surface area contributed by atoms with Gasteiger partial charge in [-0.15, -0.1) is 0 Å². The van der Waals surface area contributed by atoms with E-state index >= 15 is 0 Å². The second-order valence-electron chi connectivity index (χ2n) is 4.12. The molecule has 100 valence electrons. The van der Waals surface area contributed by atoms with Gasteiger partial charge in [-0.2, -0.15) is 5.48 Å². The quantitative estimate of drug-likeness (QED) is 0.698. The second-order valence-corrected chi connectivity index (χ2v) is 4.12. The lowest BCUT2D eigenvalue weighted by Gasteiger charge is -2.18. The van der Waals surface area contributed by atoms with Crippen molar-refractivity contribution in [2.24, 2.45) is 5.73 Å². The fraction of sp³-hybridized carbons (Fsp3) is 0.462. The molecule has 0 aliphatic carbocycles. The van der Waals surface area contributed by atoms with Gasteiger partial charge < -0.3 is 5.73 Å². The number of benzene rings is 1. The van der Waals surface area contributed by atoms with Crippen LogP contribution in [0.1, 0.15) is 37.8 Å². The van der Waals surface area contributed by atoms with Gasteiger partial charge in [-0.05, 0) is 24.1 Å². The minimum atomic E-state index is -0.532. The van der Waals surface area contributed by atoms with Crippen LogP contribution in [-0.2, 0) is 9.63 Å². The zero-order chi connectivity index (χ0) is 13.4. The molecular weight excluding hydrogens is 235 g/mol. The van der Waals surface area contributed by atoms with Crippen molar-refractivity contribution in [1.82, 2.24) is 5.48 Å². The van der Waals surface area contributed by atoms with Crippen molar-refractivity contribution in [3.05, 3.63) is 35.6 Å². The Bertz CT molecular complexity index is 368.